The van der Waals surface area contributed by atoms with Gasteiger partial charge in [0.25, 0.3) is 5.91 Å². The predicted octanol–water partition coefficient (Wildman–Crippen LogP) is 5.19. The summed E-state index contributed by atoms with van der Waals surface area (Å²) in [6, 6.07) is 22.5. The van der Waals surface area contributed by atoms with E-state index in [2.05, 4.69) is 26.5 Å². The smallest absolute Gasteiger partial charge is 0.275 e. The van der Waals surface area contributed by atoms with Gasteiger partial charge in [0.1, 0.15) is 18.1 Å². The van der Waals surface area contributed by atoms with Crippen molar-refractivity contribution < 1.29 is 14.3 Å². The summed E-state index contributed by atoms with van der Waals surface area (Å²) < 4.78 is 12.3. The van der Waals surface area contributed by atoms with E-state index in [0.717, 1.165) is 15.6 Å². The van der Waals surface area contributed by atoms with Gasteiger partial charge >= 0.3 is 0 Å². The average molecular weight is 453 g/mol. The van der Waals surface area contributed by atoms with Crippen LogP contribution in [0.25, 0.3) is 0 Å². The molecular formula is C23H21BrN2O3. The van der Waals surface area contributed by atoms with Gasteiger partial charge in [0.05, 0.1) is 18.4 Å². The fourth-order valence-electron chi connectivity index (χ4n) is 2.64. The zero-order chi connectivity index (χ0) is 20.5. The van der Waals surface area contributed by atoms with Crippen LogP contribution in [0.3, 0.4) is 0 Å². The Kier molecular flexibility index (Phi) is 7.41. The largest absolute Gasteiger partial charge is 0.493 e. The van der Waals surface area contributed by atoms with Crippen LogP contribution in [0.5, 0.6) is 11.5 Å². The van der Waals surface area contributed by atoms with Gasteiger partial charge in [-0.1, -0.05) is 58.4 Å². The Bertz CT molecular complexity index is 990. The Labute approximate surface area is 178 Å². The molecule has 0 aromatic heterocycles. The van der Waals surface area contributed by atoms with Crippen LogP contribution >= 0.6 is 15.9 Å². The second kappa shape index (κ2) is 10.4. The molecule has 5 nitrogen and oxygen atoms in total. The van der Waals surface area contributed by atoms with Crippen LogP contribution in [0.1, 0.15) is 28.4 Å². The summed E-state index contributed by atoms with van der Waals surface area (Å²) in [6.45, 7) is 2.84. The summed E-state index contributed by atoms with van der Waals surface area (Å²) in [5.74, 6) is 0.847. The summed E-state index contributed by atoms with van der Waals surface area (Å²) in [4.78, 5) is 12.6. The Morgan fingerprint density at radius 2 is 1.76 bits per heavy atom. The van der Waals surface area contributed by atoms with Gasteiger partial charge in [-0.15, -0.1) is 0 Å². The van der Waals surface area contributed by atoms with E-state index < -0.39 is 0 Å². The molecule has 0 radical (unpaired) electrons. The molecule has 0 aliphatic carbocycles. The van der Waals surface area contributed by atoms with E-state index in [1.807, 2.05) is 61.5 Å². The van der Waals surface area contributed by atoms with E-state index >= 15 is 0 Å². The van der Waals surface area contributed by atoms with Gasteiger partial charge in [0.15, 0.2) is 0 Å². The fourth-order valence-corrected chi connectivity index (χ4v) is 3.02. The molecule has 0 spiro atoms. The molecule has 1 amide bonds. The van der Waals surface area contributed by atoms with Gasteiger partial charge in [0, 0.05) is 10.0 Å². The molecular weight excluding hydrogens is 432 g/mol. The lowest BCUT2D eigenvalue weighted by atomic mass is 10.2. The molecule has 29 heavy (non-hydrogen) atoms. The third kappa shape index (κ3) is 5.93. The molecule has 0 fully saturated rings. The SMILES string of the molecule is CCOc1ccc(Br)cc1C=NNC(=O)c1ccccc1OCc1ccccc1. The predicted molar refractivity (Wildman–Crippen MR) is 118 cm³/mol. The molecule has 0 bridgehead atoms. The van der Waals surface area contributed by atoms with E-state index in [0.29, 0.717) is 30.3 Å². The number of hydrazone groups is 1. The Hall–Kier alpha value is -3.12. The molecule has 6 heteroatoms. The second-order valence-electron chi connectivity index (χ2n) is 6.08. The van der Waals surface area contributed by atoms with Crippen LogP contribution in [-0.2, 0) is 6.61 Å². The van der Waals surface area contributed by atoms with Crippen molar-refractivity contribution >= 4 is 28.1 Å². The van der Waals surface area contributed by atoms with Gasteiger partial charge in [0.2, 0.25) is 0 Å². The number of ether oxygens (including phenoxy) is 2. The van der Waals surface area contributed by atoms with E-state index in [4.69, 9.17) is 9.47 Å². The van der Waals surface area contributed by atoms with E-state index in [-0.39, 0.29) is 5.91 Å². The van der Waals surface area contributed by atoms with Crippen LogP contribution in [0, 0.1) is 0 Å². The van der Waals surface area contributed by atoms with Crippen molar-refractivity contribution in [2.75, 3.05) is 6.61 Å². The third-order valence-corrected chi connectivity index (χ3v) is 4.50. The average Bonchev–Trinajstić information content (AvgIpc) is 2.75. The maximum Gasteiger partial charge on any atom is 0.275 e. The van der Waals surface area contributed by atoms with Crippen molar-refractivity contribution in [1.82, 2.24) is 5.43 Å². The number of benzene rings is 3. The number of para-hydroxylation sites is 1. The van der Waals surface area contributed by atoms with Gasteiger partial charge in [-0.05, 0) is 42.8 Å². The highest BCUT2D eigenvalue weighted by molar-refractivity contribution is 9.10. The van der Waals surface area contributed by atoms with Gasteiger partial charge in [-0.25, -0.2) is 5.43 Å². The minimum atomic E-state index is -0.349. The molecule has 148 valence electrons. The molecule has 3 aromatic carbocycles. The van der Waals surface area contributed by atoms with E-state index in [9.17, 15) is 4.79 Å². The molecule has 1 N–H and O–H groups in total. The monoisotopic (exact) mass is 452 g/mol. The van der Waals surface area contributed by atoms with Crippen molar-refractivity contribution in [2.24, 2.45) is 5.10 Å². The highest BCUT2D eigenvalue weighted by Gasteiger charge is 2.11. The first kappa shape index (κ1) is 20.6. The molecule has 0 unspecified atom stereocenters. The molecule has 0 saturated carbocycles. The lowest BCUT2D eigenvalue weighted by molar-refractivity contribution is 0.0950. The van der Waals surface area contributed by atoms with Crippen molar-refractivity contribution in [1.29, 1.82) is 0 Å². The summed E-state index contributed by atoms with van der Waals surface area (Å²) in [7, 11) is 0. The minimum Gasteiger partial charge on any atom is -0.493 e. The highest BCUT2D eigenvalue weighted by atomic mass is 79.9. The summed E-state index contributed by atoms with van der Waals surface area (Å²) in [6.07, 6.45) is 1.56. The minimum absolute atomic E-state index is 0.349. The van der Waals surface area contributed by atoms with Crippen molar-refractivity contribution in [3.05, 3.63) is 94.0 Å². The van der Waals surface area contributed by atoms with Crippen molar-refractivity contribution in [2.45, 2.75) is 13.5 Å². The van der Waals surface area contributed by atoms with Crippen LogP contribution in [0.2, 0.25) is 0 Å². The zero-order valence-electron chi connectivity index (χ0n) is 16.0. The lowest BCUT2D eigenvalue weighted by Gasteiger charge is -2.10. The molecule has 0 atom stereocenters. The molecule has 0 aliphatic rings. The first-order chi connectivity index (χ1) is 14.2. The second-order valence-corrected chi connectivity index (χ2v) is 7.00. The fraction of sp³-hybridized carbons (Fsp3) is 0.130. The number of amides is 1. The number of hydrogen-bond acceptors (Lipinski definition) is 4. The number of rotatable bonds is 8. The van der Waals surface area contributed by atoms with Crippen LogP contribution in [0.4, 0.5) is 0 Å². The van der Waals surface area contributed by atoms with Crippen molar-refractivity contribution in [3.8, 4) is 11.5 Å². The molecule has 0 aliphatic heterocycles. The number of halogens is 1. The molecule has 0 heterocycles. The quantitative estimate of drug-likeness (QED) is 0.377. The first-order valence-electron chi connectivity index (χ1n) is 9.19. The number of hydrogen-bond donors (Lipinski definition) is 1. The normalized spacial score (nSPS) is 10.7. The maximum atomic E-state index is 12.6. The topological polar surface area (TPSA) is 59.9 Å². The van der Waals surface area contributed by atoms with Gasteiger partial charge in [-0.3, -0.25) is 4.79 Å². The Balaban J connectivity index is 1.68. The Morgan fingerprint density at radius 3 is 2.55 bits per heavy atom. The zero-order valence-corrected chi connectivity index (χ0v) is 17.6. The van der Waals surface area contributed by atoms with E-state index in [1.165, 1.54) is 0 Å². The summed E-state index contributed by atoms with van der Waals surface area (Å²) in [5.41, 5.74) is 4.76. The molecule has 3 rings (SSSR count). The van der Waals surface area contributed by atoms with Gasteiger partial charge in [-0.2, -0.15) is 5.10 Å². The summed E-state index contributed by atoms with van der Waals surface area (Å²) in [5, 5.41) is 4.08. The molecule has 3 aromatic rings. The summed E-state index contributed by atoms with van der Waals surface area (Å²) >= 11 is 3.43. The number of carbonyl (C=O) groups is 1. The first-order valence-corrected chi connectivity index (χ1v) is 9.98. The van der Waals surface area contributed by atoms with Crippen LogP contribution in [-0.4, -0.2) is 18.7 Å². The molecule has 0 saturated heterocycles. The van der Waals surface area contributed by atoms with Crippen molar-refractivity contribution in [3.63, 3.8) is 0 Å². The maximum absolute atomic E-state index is 12.6. The Morgan fingerprint density at radius 1 is 1.00 bits per heavy atom. The lowest BCUT2D eigenvalue weighted by Crippen LogP contribution is -2.18. The van der Waals surface area contributed by atoms with Crippen LogP contribution < -0.4 is 14.9 Å². The van der Waals surface area contributed by atoms with E-state index in [1.54, 1.807) is 24.4 Å². The third-order valence-electron chi connectivity index (χ3n) is 4.01. The highest BCUT2D eigenvalue weighted by Crippen LogP contribution is 2.22. The number of nitrogens with zero attached hydrogens (tertiary/aromatic N) is 1. The van der Waals surface area contributed by atoms with Crippen LogP contribution in [0.15, 0.2) is 82.4 Å². The standard InChI is InChI=1S/C23H21BrN2O3/c1-2-28-21-13-12-19(24)14-18(21)15-25-26-23(27)20-10-6-7-11-22(20)29-16-17-8-4-3-5-9-17/h3-15H,2,16H2,1H3,(H,26,27). The van der Waals surface area contributed by atoms with Gasteiger partial charge < -0.3 is 9.47 Å². The number of carbonyl (C=O) groups excluding carboxylic acids is 1. The number of nitrogens with one attached hydrogen (secondary N) is 1.